The highest BCUT2D eigenvalue weighted by Gasteiger charge is 2.27. The second-order valence-corrected chi connectivity index (χ2v) is 7.66. The third-order valence-corrected chi connectivity index (χ3v) is 5.54. The van der Waals surface area contributed by atoms with Gasteiger partial charge in [-0.15, -0.1) is 0 Å². The summed E-state index contributed by atoms with van der Waals surface area (Å²) < 4.78 is 1.57. The summed E-state index contributed by atoms with van der Waals surface area (Å²) in [7, 11) is 0. The van der Waals surface area contributed by atoms with Gasteiger partial charge in [0.25, 0.3) is 11.5 Å². The minimum atomic E-state index is -0.392. The van der Waals surface area contributed by atoms with Gasteiger partial charge >= 0.3 is 0 Å². The number of nitrogens with zero attached hydrogens (tertiary/aromatic N) is 3. The van der Waals surface area contributed by atoms with Crippen molar-refractivity contribution >= 4 is 11.8 Å². The number of nitrogens with one attached hydrogen (secondary N) is 1. The lowest BCUT2D eigenvalue weighted by Gasteiger charge is -2.29. The van der Waals surface area contributed by atoms with Crippen LogP contribution in [-0.2, 0) is 30.8 Å². The van der Waals surface area contributed by atoms with E-state index >= 15 is 0 Å². The Bertz CT molecular complexity index is 1160. The first kappa shape index (κ1) is 20.5. The number of carbonyl (C=O) groups excluding carboxylic acids is 2. The minimum absolute atomic E-state index is 0.0184. The number of hydrogen-bond donors (Lipinski definition) is 1. The van der Waals surface area contributed by atoms with E-state index in [4.69, 9.17) is 0 Å². The molecule has 31 heavy (non-hydrogen) atoms. The summed E-state index contributed by atoms with van der Waals surface area (Å²) in [5.74, 6) is -0.410. The van der Waals surface area contributed by atoms with E-state index < -0.39 is 5.91 Å². The van der Waals surface area contributed by atoms with Crippen molar-refractivity contribution in [2.24, 2.45) is 0 Å². The smallest absolute Gasteiger partial charge is 0.264 e. The molecule has 3 heterocycles. The molecular weight excluding hydrogens is 392 g/mol. The predicted octanol–water partition coefficient (Wildman–Crippen LogP) is 2.13. The molecule has 1 aromatic carbocycles. The SMILES string of the molecule is CC(=O)N1CCc2c(cn(Cc3ccccc3)c(=O)c2C(=O)NCc2ccncc2)C1. The summed E-state index contributed by atoms with van der Waals surface area (Å²) in [6, 6.07) is 13.3. The molecule has 0 saturated heterocycles. The Morgan fingerprint density at radius 2 is 1.81 bits per heavy atom. The molecule has 0 spiro atoms. The Morgan fingerprint density at radius 3 is 2.52 bits per heavy atom. The first-order valence-electron chi connectivity index (χ1n) is 10.2. The van der Waals surface area contributed by atoms with Crippen LogP contribution in [0.3, 0.4) is 0 Å². The van der Waals surface area contributed by atoms with Gasteiger partial charge in [-0.1, -0.05) is 30.3 Å². The van der Waals surface area contributed by atoms with Crippen LogP contribution in [0.15, 0.2) is 65.8 Å². The summed E-state index contributed by atoms with van der Waals surface area (Å²) in [6.07, 6.45) is 5.60. The fourth-order valence-electron chi connectivity index (χ4n) is 3.88. The average Bonchev–Trinajstić information content (AvgIpc) is 2.79. The van der Waals surface area contributed by atoms with Gasteiger partial charge in [-0.25, -0.2) is 0 Å². The number of pyridine rings is 2. The quantitative estimate of drug-likeness (QED) is 0.691. The molecule has 0 bridgehead atoms. The van der Waals surface area contributed by atoms with Gasteiger partial charge in [0.2, 0.25) is 5.91 Å². The summed E-state index contributed by atoms with van der Waals surface area (Å²) >= 11 is 0. The van der Waals surface area contributed by atoms with Crippen molar-refractivity contribution in [3.63, 3.8) is 0 Å². The molecule has 0 unspecified atom stereocenters. The monoisotopic (exact) mass is 416 g/mol. The molecule has 0 fully saturated rings. The van der Waals surface area contributed by atoms with Crippen LogP contribution in [-0.4, -0.2) is 32.8 Å². The maximum absolute atomic E-state index is 13.3. The maximum Gasteiger partial charge on any atom is 0.264 e. The van der Waals surface area contributed by atoms with E-state index in [0.717, 1.165) is 22.3 Å². The van der Waals surface area contributed by atoms with Gasteiger partial charge < -0.3 is 14.8 Å². The van der Waals surface area contributed by atoms with Crippen molar-refractivity contribution in [2.75, 3.05) is 6.54 Å². The van der Waals surface area contributed by atoms with Crippen LogP contribution < -0.4 is 10.9 Å². The molecule has 7 heteroatoms. The molecule has 3 aromatic rings. The zero-order valence-electron chi connectivity index (χ0n) is 17.4. The van der Waals surface area contributed by atoms with Gasteiger partial charge in [-0.05, 0) is 40.8 Å². The third-order valence-electron chi connectivity index (χ3n) is 5.54. The van der Waals surface area contributed by atoms with Gasteiger partial charge in [-0.2, -0.15) is 0 Å². The lowest BCUT2D eigenvalue weighted by Crippen LogP contribution is -2.40. The molecule has 0 aliphatic carbocycles. The van der Waals surface area contributed by atoms with Gasteiger partial charge in [0.1, 0.15) is 5.56 Å². The molecule has 0 saturated carbocycles. The van der Waals surface area contributed by atoms with Crippen LogP contribution in [0.4, 0.5) is 0 Å². The predicted molar refractivity (Wildman–Crippen MR) is 116 cm³/mol. The van der Waals surface area contributed by atoms with Crippen LogP contribution in [0.25, 0.3) is 0 Å². The molecule has 2 aromatic heterocycles. The second kappa shape index (κ2) is 8.95. The fraction of sp³-hybridized carbons (Fsp3) is 0.250. The van der Waals surface area contributed by atoms with Crippen molar-refractivity contribution in [2.45, 2.75) is 33.0 Å². The number of aromatic nitrogens is 2. The summed E-state index contributed by atoms with van der Waals surface area (Å²) in [6.45, 7) is 3.09. The van der Waals surface area contributed by atoms with E-state index in [9.17, 15) is 14.4 Å². The fourth-order valence-corrected chi connectivity index (χ4v) is 3.88. The number of rotatable bonds is 5. The van der Waals surface area contributed by atoms with E-state index in [1.807, 2.05) is 42.5 Å². The van der Waals surface area contributed by atoms with Crippen LogP contribution in [0.1, 0.15) is 39.5 Å². The van der Waals surface area contributed by atoms with Crippen LogP contribution in [0.2, 0.25) is 0 Å². The zero-order valence-corrected chi connectivity index (χ0v) is 17.4. The molecule has 4 rings (SSSR count). The standard InChI is InChI=1S/C24H24N4O3/c1-17(29)27-12-9-21-20(15-27)16-28(14-19-5-3-2-4-6-19)24(31)22(21)23(30)26-13-18-7-10-25-11-8-18/h2-8,10-11,16H,9,12-15H2,1H3,(H,26,30). The van der Waals surface area contributed by atoms with Gasteiger partial charge in [0.15, 0.2) is 0 Å². The molecule has 0 radical (unpaired) electrons. The molecule has 1 N–H and O–H groups in total. The average molecular weight is 416 g/mol. The second-order valence-electron chi connectivity index (χ2n) is 7.66. The lowest BCUT2D eigenvalue weighted by atomic mass is 9.95. The molecular formula is C24H24N4O3. The van der Waals surface area contributed by atoms with E-state index in [2.05, 4.69) is 10.3 Å². The topological polar surface area (TPSA) is 84.3 Å². The molecule has 1 aliphatic rings. The molecule has 1 aliphatic heterocycles. The van der Waals surface area contributed by atoms with E-state index in [-0.39, 0.29) is 17.0 Å². The van der Waals surface area contributed by atoms with E-state index in [0.29, 0.717) is 32.6 Å². The number of fused-ring (bicyclic) bond motifs is 1. The number of carbonyl (C=O) groups is 2. The summed E-state index contributed by atoms with van der Waals surface area (Å²) in [5, 5.41) is 2.87. The highest BCUT2D eigenvalue weighted by molar-refractivity contribution is 5.95. The Balaban J connectivity index is 1.70. The largest absolute Gasteiger partial charge is 0.348 e. The Kier molecular flexibility index (Phi) is 5.93. The van der Waals surface area contributed by atoms with Crippen LogP contribution in [0, 0.1) is 0 Å². The Labute approximate surface area is 180 Å². The highest BCUT2D eigenvalue weighted by atomic mass is 16.2. The van der Waals surface area contributed by atoms with E-state index in [1.54, 1.807) is 28.1 Å². The lowest BCUT2D eigenvalue weighted by molar-refractivity contribution is -0.129. The summed E-state index contributed by atoms with van der Waals surface area (Å²) in [5.41, 5.74) is 3.30. The Hall–Kier alpha value is -3.74. The molecule has 0 atom stereocenters. The third kappa shape index (κ3) is 4.55. The Morgan fingerprint density at radius 1 is 1.06 bits per heavy atom. The molecule has 158 valence electrons. The van der Waals surface area contributed by atoms with Gasteiger partial charge in [0, 0.05) is 45.1 Å². The zero-order chi connectivity index (χ0) is 21.8. The van der Waals surface area contributed by atoms with Crippen LogP contribution >= 0.6 is 0 Å². The van der Waals surface area contributed by atoms with Crippen molar-refractivity contribution in [3.05, 3.63) is 99.2 Å². The molecule has 2 amide bonds. The first-order valence-corrected chi connectivity index (χ1v) is 10.2. The number of amides is 2. The van der Waals surface area contributed by atoms with E-state index in [1.165, 1.54) is 6.92 Å². The summed E-state index contributed by atoms with van der Waals surface area (Å²) in [4.78, 5) is 44.0. The highest BCUT2D eigenvalue weighted by Crippen LogP contribution is 2.21. The van der Waals surface area contributed by atoms with Crippen molar-refractivity contribution in [3.8, 4) is 0 Å². The van der Waals surface area contributed by atoms with Crippen molar-refractivity contribution in [1.29, 1.82) is 0 Å². The van der Waals surface area contributed by atoms with Crippen molar-refractivity contribution in [1.82, 2.24) is 19.8 Å². The maximum atomic E-state index is 13.3. The van der Waals surface area contributed by atoms with Gasteiger partial charge in [0.05, 0.1) is 6.54 Å². The van der Waals surface area contributed by atoms with Crippen molar-refractivity contribution < 1.29 is 9.59 Å². The number of benzene rings is 1. The number of hydrogen-bond acceptors (Lipinski definition) is 4. The first-order chi connectivity index (χ1) is 15.0. The normalized spacial score (nSPS) is 12.9. The van der Waals surface area contributed by atoms with Gasteiger partial charge in [-0.3, -0.25) is 19.4 Å². The molecule has 7 nitrogen and oxygen atoms in total. The van der Waals surface area contributed by atoms with Crippen LogP contribution in [0.5, 0.6) is 0 Å². The minimum Gasteiger partial charge on any atom is -0.348 e.